The second-order valence-corrected chi connectivity index (χ2v) is 6.37. The average Bonchev–Trinajstić information content (AvgIpc) is 3.17. The lowest BCUT2D eigenvalue weighted by atomic mass is 10.1. The molecule has 0 atom stereocenters. The van der Waals surface area contributed by atoms with Gasteiger partial charge in [0.1, 0.15) is 6.54 Å². The van der Waals surface area contributed by atoms with Crippen LogP contribution >= 0.6 is 11.3 Å². The number of hydrogen-bond acceptors (Lipinski definition) is 5. The molecule has 1 fully saturated rings. The fourth-order valence-electron chi connectivity index (χ4n) is 2.48. The Kier molecular flexibility index (Phi) is 4.71. The van der Waals surface area contributed by atoms with Gasteiger partial charge in [-0.05, 0) is 12.0 Å². The van der Waals surface area contributed by atoms with Crippen molar-refractivity contribution in [2.45, 2.75) is 26.2 Å². The van der Waals surface area contributed by atoms with Crippen molar-refractivity contribution in [1.29, 1.82) is 0 Å². The van der Waals surface area contributed by atoms with E-state index in [1.165, 1.54) is 16.9 Å². The summed E-state index contributed by atoms with van der Waals surface area (Å²) in [6, 6.07) is 8.11. The van der Waals surface area contributed by atoms with Crippen molar-refractivity contribution in [3.8, 4) is 11.3 Å². The molecule has 1 saturated heterocycles. The molecular formula is C17H17N3O3S. The van der Waals surface area contributed by atoms with E-state index in [2.05, 4.69) is 29.4 Å². The Hall–Kier alpha value is -2.54. The summed E-state index contributed by atoms with van der Waals surface area (Å²) in [6.07, 6.45) is 1.34. The van der Waals surface area contributed by atoms with Crippen molar-refractivity contribution in [2.24, 2.45) is 0 Å². The first-order valence-corrected chi connectivity index (χ1v) is 8.62. The predicted octanol–water partition coefficient (Wildman–Crippen LogP) is 2.46. The van der Waals surface area contributed by atoms with E-state index >= 15 is 0 Å². The Labute approximate surface area is 143 Å². The number of thiazole rings is 1. The van der Waals surface area contributed by atoms with E-state index in [0.29, 0.717) is 5.13 Å². The zero-order valence-electron chi connectivity index (χ0n) is 13.2. The third-order valence-corrected chi connectivity index (χ3v) is 4.62. The smallest absolute Gasteiger partial charge is 0.246 e. The first-order chi connectivity index (χ1) is 11.6. The number of aromatic nitrogens is 1. The highest BCUT2D eigenvalue weighted by Gasteiger charge is 2.30. The van der Waals surface area contributed by atoms with Crippen LogP contribution in [0.25, 0.3) is 11.3 Å². The topological polar surface area (TPSA) is 79.4 Å². The Morgan fingerprint density at radius 2 is 1.88 bits per heavy atom. The maximum absolute atomic E-state index is 12.0. The summed E-state index contributed by atoms with van der Waals surface area (Å²) in [7, 11) is 0. The number of rotatable bonds is 5. The number of hydrogen-bond donors (Lipinski definition) is 1. The number of benzene rings is 1. The molecule has 0 saturated carbocycles. The Morgan fingerprint density at radius 3 is 2.50 bits per heavy atom. The molecule has 3 amide bonds. The van der Waals surface area contributed by atoms with Crippen LogP contribution in [0.15, 0.2) is 29.6 Å². The molecule has 7 heteroatoms. The number of imide groups is 1. The normalized spacial score (nSPS) is 14.3. The highest BCUT2D eigenvalue weighted by atomic mass is 32.1. The number of carbonyl (C=O) groups excluding carboxylic acids is 3. The van der Waals surface area contributed by atoms with Crippen LogP contribution in [0, 0.1) is 0 Å². The number of nitrogens with one attached hydrogen (secondary N) is 1. The first kappa shape index (κ1) is 16.3. The van der Waals surface area contributed by atoms with Gasteiger partial charge in [-0.25, -0.2) is 4.98 Å². The van der Waals surface area contributed by atoms with Crippen LogP contribution in [0.3, 0.4) is 0 Å². The van der Waals surface area contributed by atoms with Crippen molar-refractivity contribution >= 4 is 34.2 Å². The van der Waals surface area contributed by atoms with Gasteiger partial charge in [0.25, 0.3) is 0 Å². The van der Waals surface area contributed by atoms with Crippen molar-refractivity contribution in [2.75, 3.05) is 11.9 Å². The molecule has 0 spiro atoms. The molecule has 3 rings (SSSR count). The fraction of sp³-hybridized carbons (Fsp3) is 0.294. The van der Waals surface area contributed by atoms with E-state index in [9.17, 15) is 14.4 Å². The van der Waals surface area contributed by atoms with Gasteiger partial charge in [0.2, 0.25) is 17.7 Å². The largest absolute Gasteiger partial charge is 0.300 e. The number of carbonyl (C=O) groups is 3. The second-order valence-electron chi connectivity index (χ2n) is 5.51. The van der Waals surface area contributed by atoms with Gasteiger partial charge in [-0.2, -0.15) is 0 Å². The van der Waals surface area contributed by atoms with Gasteiger partial charge in [0.15, 0.2) is 5.13 Å². The van der Waals surface area contributed by atoms with E-state index in [-0.39, 0.29) is 31.2 Å². The quantitative estimate of drug-likeness (QED) is 0.846. The van der Waals surface area contributed by atoms with E-state index in [1.807, 2.05) is 17.5 Å². The minimum atomic E-state index is -0.416. The Bertz CT molecular complexity index is 767. The van der Waals surface area contributed by atoms with Crippen LogP contribution in [0.4, 0.5) is 5.13 Å². The van der Waals surface area contributed by atoms with E-state index in [1.54, 1.807) is 0 Å². The lowest BCUT2D eigenvalue weighted by molar-refractivity contribution is -0.141. The lowest BCUT2D eigenvalue weighted by Crippen LogP contribution is -2.36. The molecule has 1 aliphatic rings. The molecule has 0 bridgehead atoms. The molecule has 0 radical (unpaired) electrons. The van der Waals surface area contributed by atoms with Crippen LogP contribution < -0.4 is 5.32 Å². The summed E-state index contributed by atoms with van der Waals surface area (Å²) in [5.41, 5.74) is 3.02. The van der Waals surface area contributed by atoms with E-state index in [0.717, 1.165) is 22.6 Å². The van der Waals surface area contributed by atoms with E-state index < -0.39 is 5.91 Å². The maximum atomic E-state index is 12.0. The van der Waals surface area contributed by atoms with Gasteiger partial charge in [-0.15, -0.1) is 11.3 Å². The van der Waals surface area contributed by atoms with Gasteiger partial charge in [-0.3, -0.25) is 19.3 Å². The third kappa shape index (κ3) is 3.51. The Morgan fingerprint density at radius 1 is 1.21 bits per heavy atom. The molecule has 24 heavy (non-hydrogen) atoms. The summed E-state index contributed by atoms with van der Waals surface area (Å²) >= 11 is 1.31. The first-order valence-electron chi connectivity index (χ1n) is 7.74. The van der Waals surface area contributed by atoms with Crippen molar-refractivity contribution < 1.29 is 14.4 Å². The monoisotopic (exact) mass is 343 g/mol. The predicted molar refractivity (Wildman–Crippen MR) is 91.5 cm³/mol. The van der Waals surface area contributed by atoms with Crippen LogP contribution in [0.2, 0.25) is 0 Å². The standard InChI is InChI=1S/C17H17N3O3S/c1-2-11-3-5-12(6-4-11)13-10-24-17(18-13)19-14(21)9-20-15(22)7-8-16(20)23/h3-6,10H,2,7-9H2,1H3,(H,18,19,21). The SMILES string of the molecule is CCc1ccc(-c2csc(NC(=O)CN3C(=O)CCC3=O)n2)cc1. The second kappa shape index (κ2) is 6.92. The molecule has 2 heterocycles. The number of nitrogens with zero attached hydrogens (tertiary/aromatic N) is 2. The average molecular weight is 343 g/mol. The van der Waals surface area contributed by atoms with Crippen molar-refractivity contribution in [3.05, 3.63) is 35.2 Å². The lowest BCUT2D eigenvalue weighted by Gasteiger charge is -2.12. The summed E-state index contributed by atoms with van der Waals surface area (Å²) in [4.78, 5) is 40.4. The minimum Gasteiger partial charge on any atom is -0.300 e. The molecule has 1 aliphatic heterocycles. The highest BCUT2D eigenvalue weighted by molar-refractivity contribution is 7.14. The van der Waals surface area contributed by atoms with E-state index in [4.69, 9.17) is 0 Å². The molecule has 0 aliphatic carbocycles. The third-order valence-electron chi connectivity index (χ3n) is 3.87. The maximum Gasteiger partial charge on any atom is 0.246 e. The van der Waals surface area contributed by atoms with Gasteiger partial charge in [-0.1, -0.05) is 31.2 Å². The zero-order chi connectivity index (χ0) is 17.1. The van der Waals surface area contributed by atoms with Crippen molar-refractivity contribution in [3.63, 3.8) is 0 Å². The van der Waals surface area contributed by atoms with Crippen LogP contribution in [0.1, 0.15) is 25.3 Å². The van der Waals surface area contributed by atoms with Gasteiger partial charge < -0.3 is 5.32 Å². The highest BCUT2D eigenvalue weighted by Crippen LogP contribution is 2.25. The number of aryl methyl sites for hydroxylation is 1. The number of amides is 3. The van der Waals surface area contributed by atoms with Gasteiger partial charge in [0, 0.05) is 23.8 Å². The molecular weight excluding hydrogens is 326 g/mol. The van der Waals surface area contributed by atoms with Crippen LogP contribution in [-0.2, 0) is 20.8 Å². The van der Waals surface area contributed by atoms with Crippen LogP contribution in [0.5, 0.6) is 0 Å². The number of anilines is 1. The molecule has 2 aromatic rings. The molecule has 1 aromatic carbocycles. The molecule has 1 aromatic heterocycles. The number of likely N-dealkylation sites (tertiary alicyclic amines) is 1. The zero-order valence-corrected chi connectivity index (χ0v) is 14.1. The minimum absolute atomic E-state index is 0.182. The molecule has 124 valence electrons. The summed E-state index contributed by atoms with van der Waals surface area (Å²) in [5, 5.41) is 4.96. The van der Waals surface area contributed by atoms with Crippen molar-refractivity contribution in [1.82, 2.24) is 9.88 Å². The van der Waals surface area contributed by atoms with Gasteiger partial charge in [0.05, 0.1) is 5.69 Å². The summed E-state index contributed by atoms with van der Waals surface area (Å²) in [5.74, 6) is -1.02. The fourth-order valence-corrected chi connectivity index (χ4v) is 3.21. The van der Waals surface area contributed by atoms with Gasteiger partial charge >= 0.3 is 0 Å². The summed E-state index contributed by atoms with van der Waals surface area (Å²) in [6.45, 7) is 1.85. The molecule has 1 N–H and O–H groups in total. The Balaban J connectivity index is 1.64. The molecule has 0 unspecified atom stereocenters. The molecule has 6 nitrogen and oxygen atoms in total. The summed E-state index contributed by atoms with van der Waals surface area (Å²) < 4.78 is 0. The van der Waals surface area contributed by atoms with Crippen LogP contribution in [-0.4, -0.2) is 34.2 Å².